The van der Waals surface area contributed by atoms with Crippen LogP contribution in [0, 0.1) is 6.92 Å². The van der Waals surface area contributed by atoms with Crippen molar-refractivity contribution >= 4 is 5.91 Å². The minimum absolute atomic E-state index is 0.108. The van der Waals surface area contributed by atoms with Crippen molar-refractivity contribution in [3.8, 4) is 0 Å². The van der Waals surface area contributed by atoms with Crippen LogP contribution in [-0.2, 0) is 11.3 Å². The first-order valence-electron chi connectivity index (χ1n) is 9.23. The molecule has 5 nitrogen and oxygen atoms in total. The van der Waals surface area contributed by atoms with Crippen LogP contribution in [0.1, 0.15) is 47.3 Å². The van der Waals surface area contributed by atoms with Gasteiger partial charge >= 0.3 is 0 Å². The first kappa shape index (κ1) is 16.3. The average Bonchev–Trinajstić information content (AvgIpc) is 3.02. The van der Waals surface area contributed by atoms with Crippen LogP contribution >= 0.6 is 0 Å². The molecule has 1 amide bonds. The highest BCUT2D eigenvalue weighted by molar-refractivity contribution is 5.95. The predicted octanol–water partition coefficient (Wildman–Crippen LogP) is 3.02. The summed E-state index contributed by atoms with van der Waals surface area (Å²) in [5, 5.41) is 4.47. The van der Waals surface area contributed by atoms with Gasteiger partial charge in [0.2, 0.25) is 0 Å². The maximum absolute atomic E-state index is 13.2. The number of rotatable bonds is 3. The number of carbonyl (C=O) groups is 1. The average molecular weight is 339 g/mol. The molecule has 0 N–H and O–H groups in total. The van der Waals surface area contributed by atoms with Gasteiger partial charge in [-0.15, -0.1) is 0 Å². The van der Waals surface area contributed by atoms with Crippen molar-refractivity contribution in [1.82, 2.24) is 14.7 Å². The lowest BCUT2D eigenvalue weighted by atomic mass is 9.90. The molecule has 2 heterocycles. The van der Waals surface area contributed by atoms with Gasteiger partial charge in [0.15, 0.2) is 0 Å². The fraction of sp³-hybridized carbons (Fsp3) is 0.500. The van der Waals surface area contributed by atoms with Crippen LogP contribution in [0.15, 0.2) is 36.5 Å². The zero-order chi connectivity index (χ0) is 17.2. The molecule has 1 aromatic heterocycles. The number of benzene rings is 1. The molecule has 1 aliphatic carbocycles. The number of carbonyl (C=O) groups excluding carboxylic acids is 1. The van der Waals surface area contributed by atoms with E-state index >= 15 is 0 Å². The maximum atomic E-state index is 13.2. The fourth-order valence-electron chi connectivity index (χ4n) is 4.08. The highest BCUT2D eigenvalue weighted by atomic mass is 16.5. The van der Waals surface area contributed by atoms with Crippen LogP contribution in [0.5, 0.6) is 0 Å². The quantitative estimate of drug-likeness (QED) is 0.863. The highest BCUT2D eigenvalue weighted by Crippen LogP contribution is 2.29. The third kappa shape index (κ3) is 3.21. The Bertz CT molecular complexity index is 739. The van der Waals surface area contributed by atoms with E-state index in [0.29, 0.717) is 19.7 Å². The number of ether oxygens (including phenoxy) is 1. The molecule has 25 heavy (non-hydrogen) atoms. The highest BCUT2D eigenvalue weighted by Gasteiger charge is 2.37. The van der Waals surface area contributed by atoms with E-state index in [4.69, 9.17) is 4.74 Å². The summed E-state index contributed by atoms with van der Waals surface area (Å²) < 4.78 is 7.82. The molecule has 2 aromatic rings. The lowest BCUT2D eigenvalue weighted by Gasteiger charge is -2.43. The first-order chi connectivity index (χ1) is 12.2. The van der Waals surface area contributed by atoms with Crippen molar-refractivity contribution in [2.45, 2.75) is 51.3 Å². The van der Waals surface area contributed by atoms with Gasteiger partial charge in [-0.1, -0.05) is 43.2 Å². The zero-order valence-corrected chi connectivity index (χ0v) is 14.7. The largest absolute Gasteiger partial charge is 0.374 e. The Balaban J connectivity index is 1.54. The molecule has 1 aliphatic heterocycles. The second-order valence-electron chi connectivity index (χ2n) is 7.05. The molecule has 0 bridgehead atoms. The summed E-state index contributed by atoms with van der Waals surface area (Å²) in [5.41, 5.74) is 2.85. The molecule has 2 fully saturated rings. The smallest absolute Gasteiger partial charge is 0.257 e. The van der Waals surface area contributed by atoms with Gasteiger partial charge in [-0.2, -0.15) is 5.10 Å². The van der Waals surface area contributed by atoms with Crippen molar-refractivity contribution in [1.29, 1.82) is 0 Å². The van der Waals surface area contributed by atoms with Crippen molar-refractivity contribution in [3.05, 3.63) is 53.3 Å². The molecule has 0 unspecified atom stereocenters. The van der Waals surface area contributed by atoms with E-state index < -0.39 is 0 Å². The number of fused-ring (bicyclic) bond motifs is 1. The number of aromatic nitrogens is 2. The lowest BCUT2D eigenvalue weighted by molar-refractivity contribution is -0.0753. The summed E-state index contributed by atoms with van der Waals surface area (Å²) in [6.45, 7) is 4.00. The molecule has 2 aliphatic rings. The molecule has 0 radical (unpaired) electrons. The molecular weight excluding hydrogens is 314 g/mol. The third-order valence-corrected chi connectivity index (χ3v) is 5.50. The van der Waals surface area contributed by atoms with Gasteiger partial charge in [0.25, 0.3) is 5.91 Å². The summed E-state index contributed by atoms with van der Waals surface area (Å²) in [6.07, 6.45) is 6.45. The Kier molecular flexibility index (Phi) is 4.57. The normalized spacial score (nSPS) is 23.3. The summed E-state index contributed by atoms with van der Waals surface area (Å²) in [7, 11) is 0. The number of morpholine rings is 1. The van der Waals surface area contributed by atoms with Crippen LogP contribution in [0.3, 0.4) is 0 Å². The lowest BCUT2D eigenvalue weighted by Crippen LogP contribution is -2.54. The molecule has 4 rings (SSSR count). The third-order valence-electron chi connectivity index (χ3n) is 5.50. The minimum Gasteiger partial charge on any atom is -0.374 e. The Labute approximate surface area is 148 Å². The van der Waals surface area contributed by atoms with Crippen LogP contribution in [0.4, 0.5) is 0 Å². The number of amides is 1. The molecule has 5 heteroatoms. The van der Waals surface area contributed by atoms with Crippen molar-refractivity contribution < 1.29 is 9.53 Å². The van der Waals surface area contributed by atoms with Gasteiger partial charge in [-0.3, -0.25) is 9.48 Å². The van der Waals surface area contributed by atoms with E-state index in [2.05, 4.69) is 17.2 Å². The van der Waals surface area contributed by atoms with Gasteiger partial charge in [-0.25, -0.2) is 0 Å². The van der Waals surface area contributed by atoms with E-state index in [1.54, 1.807) is 6.20 Å². The van der Waals surface area contributed by atoms with Gasteiger partial charge < -0.3 is 9.64 Å². The van der Waals surface area contributed by atoms with Crippen molar-refractivity contribution in [3.63, 3.8) is 0 Å². The first-order valence-corrected chi connectivity index (χ1v) is 9.23. The van der Waals surface area contributed by atoms with E-state index in [0.717, 1.165) is 24.1 Å². The topological polar surface area (TPSA) is 47.4 Å². The van der Waals surface area contributed by atoms with E-state index in [1.165, 1.54) is 18.4 Å². The Morgan fingerprint density at radius 1 is 1.24 bits per heavy atom. The van der Waals surface area contributed by atoms with E-state index in [9.17, 15) is 4.79 Å². The van der Waals surface area contributed by atoms with Crippen LogP contribution in [0.2, 0.25) is 0 Å². The zero-order valence-electron chi connectivity index (χ0n) is 14.7. The Hall–Kier alpha value is -2.14. The second-order valence-corrected chi connectivity index (χ2v) is 7.05. The Morgan fingerprint density at radius 2 is 2.04 bits per heavy atom. The van der Waals surface area contributed by atoms with E-state index in [-0.39, 0.29) is 18.1 Å². The summed E-state index contributed by atoms with van der Waals surface area (Å²) in [5.74, 6) is 0.108. The maximum Gasteiger partial charge on any atom is 0.257 e. The van der Waals surface area contributed by atoms with Crippen molar-refractivity contribution in [2.24, 2.45) is 0 Å². The van der Waals surface area contributed by atoms with Crippen LogP contribution < -0.4 is 0 Å². The van der Waals surface area contributed by atoms with Gasteiger partial charge in [0.1, 0.15) is 0 Å². The second kappa shape index (κ2) is 7.00. The summed E-state index contributed by atoms with van der Waals surface area (Å²) >= 11 is 0. The number of hydrogen-bond donors (Lipinski definition) is 0. The minimum atomic E-state index is 0.108. The van der Waals surface area contributed by atoms with Crippen LogP contribution in [0.25, 0.3) is 0 Å². The molecule has 2 atom stereocenters. The summed E-state index contributed by atoms with van der Waals surface area (Å²) in [6, 6.07) is 10.4. The fourth-order valence-corrected chi connectivity index (χ4v) is 4.08. The molecule has 1 saturated carbocycles. The van der Waals surface area contributed by atoms with E-state index in [1.807, 2.05) is 34.7 Å². The number of hydrogen-bond acceptors (Lipinski definition) is 3. The predicted molar refractivity (Wildman–Crippen MR) is 95.5 cm³/mol. The standard InChI is InChI=1S/C20H25N3O2/c1-15-17(13-21-23(15)14-16-7-3-2-4-8-16)20(24)22-11-12-25-19-10-6-5-9-18(19)22/h2-4,7-8,13,18-19H,5-6,9-12,14H2,1H3/t18-,19+/m0/s1. The number of nitrogens with zero attached hydrogens (tertiary/aromatic N) is 3. The van der Waals surface area contributed by atoms with Gasteiger partial charge in [0, 0.05) is 12.2 Å². The SMILES string of the molecule is Cc1c(C(=O)N2CCO[C@@H]3CCCC[C@@H]32)cnn1Cc1ccccc1. The summed E-state index contributed by atoms with van der Waals surface area (Å²) in [4.78, 5) is 15.2. The molecular formula is C20H25N3O2. The van der Waals surface area contributed by atoms with Gasteiger partial charge in [-0.05, 0) is 25.3 Å². The molecule has 132 valence electrons. The van der Waals surface area contributed by atoms with Gasteiger partial charge in [0.05, 0.1) is 37.1 Å². The molecule has 0 spiro atoms. The molecule has 1 aromatic carbocycles. The van der Waals surface area contributed by atoms with Crippen LogP contribution in [-0.4, -0.2) is 45.9 Å². The monoisotopic (exact) mass is 339 g/mol. The van der Waals surface area contributed by atoms with Crippen molar-refractivity contribution in [2.75, 3.05) is 13.2 Å². The Morgan fingerprint density at radius 3 is 2.88 bits per heavy atom. The molecule has 1 saturated heterocycles.